The van der Waals surface area contributed by atoms with Gasteiger partial charge in [-0.3, -0.25) is 4.79 Å². The third-order valence-corrected chi connectivity index (χ3v) is 3.97. The fraction of sp³-hybridized carbons (Fsp3) is 0.500. The van der Waals surface area contributed by atoms with Crippen LogP contribution in [0.25, 0.3) is 0 Å². The monoisotopic (exact) mass is 236 g/mol. The summed E-state index contributed by atoms with van der Waals surface area (Å²) in [5, 5.41) is 9.76. The molecule has 92 valence electrons. The van der Waals surface area contributed by atoms with Gasteiger partial charge in [-0.15, -0.1) is 0 Å². The number of Topliss-reactive ketones (excluding diaryl/α,β-unsaturated/α-hetero) is 1. The quantitative estimate of drug-likeness (QED) is 0.799. The molecule has 1 saturated carbocycles. The highest BCUT2D eigenvalue weighted by atomic mass is 19.1. The first-order chi connectivity index (χ1) is 7.93. The van der Waals surface area contributed by atoms with Crippen molar-refractivity contribution in [1.82, 2.24) is 0 Å². The average Bonchev–Trinajstić information content (AvgIpc) is 2.28. The summed E-state index contributed by atoms with van der Waals surface area (Å²) in [4.78, 5) is 12.2. The number of carbonyl (C=O) groups excluding carboxylic acids is 1. The molecule has 1 N–H and O–H groups in total. The van der Waals surface area contributed by atoms with Crippen molar-refractivity contribution in [2.45, 2.75) is 33.6 Å². The summed E-state index contributed by atoms with van der Waals surface area (Å²) in [6.07, 6.45) is 1.92. The van der Waals surface area contributed by atoms with Gasteiger partial charge in [0, 0.05) is 22.6 Å². The lowest BCUT2D eigenvalue weighted by molar-refractivity contribution is 0.0762. The van der Waals surface area contributed by atoms with E-state index in [9.17, 15) is 14.3 Å². The van der Waals surface area contributed by atoms with Crippen molar-refractivity contribution in [1.29, 1.82) is 0 Å². The van der Waals surface area contributed by atoms with Gasteiger partial charge in [-0.05, 0) is 38.7 Å². The molecular weight excluding hydrogens is 219 g/mol. The summed E-state index contributed by atoms with van der Waals surface area (Å²) in [5.41, 5.74) is 1.04. The molecule has 1 aromatic rings. The second-order valence-corrected chi connectivity index (χ2v) is 5.03. The molecule has 0 aromatic heterocycles. The minimum absolute atomic E-state index is 0.00444. The maximum atomic E-state index is 13.6. The van der Waals surface area contributed by atoms with Crippen LogP contribution in [-0.2, 0) is 0 Å². The van der Waals surface area contributed by atoms with Crippen LogP contribution in [0.3, 0.4) is 0 Å². The Morgan fingerprint density at radius 1 is 1.35 bits per heavy atom. The van der Waals surface area contributed by atoms with E-state index in [1.54, 1.807) is 6.92 Å². The zero-order chi connectivity index (χ0) is 12.7. The summed E-state index contributed by atoms with van der Waals surface area (Å²) in [6, 6.07) is 1.26. The molecule has 1 aromatic carbocycles. The first-order valence-corrected chi connectivity index (χ1v) is 5.96. The molecule has 3 heteroatoms. The van der Waals surface area contributed by atoms with Crippen molar-refractivity contribution in [2.75, 3.05) is 0 Å². The van der Waals surface area contributed by atoms with Crippen LogP contribution in [0.5, 0.6) is 5.75 Å². The van der Waals surface area contributed by atoms with Gasteiger partial charge < -0.3 is 5.11 Å². The molecule has 0 radical (unpaired) electrons. The second-order valence-electron chi connectivity index (χ2n) is 5.03. The van der Waals surface area contributed by atoms with Gasteiger partial charge in [-0.1, -0.05) is 6.92 Å². The normalized spacial score (nSPS) is 23.3. The molecule has 1 aliphatic carbocycles. The van der Waals surface area contributed by atoms with Crippen LogP contribution in [0.15, 0.2) is 6.07 Å². The summed E-state index contributed by atoms with van der Waals surface area (Å²) in [5.74, 6) is -0.275. The number of phenols is 1. The smallest absolute Gasteiger partial charge is 0.166 e. The average molecular weight is 236 g/mol. The molecule has 0 bridgehead atoms. The summed E-state index contributed by atoms with van der Waals surface area (Å²) in [6.45, 7) is 5.21. The molecule has 0 spiro atoms. The highest BCUT2D eigenvalue weighted by Gasteiger charge is 2.34. The number of halogens is 1. The molecular formula is C14H17FO2. The Bertz CT molecular complexity index is 480. The van der Waals surface area contributed by atoms with Crippen molar-refractivity contribution in [2.24, 2.45) is 11.8 Å². The number of benzene rings is 1. The molecule has 2 unspecified atom stereocenters. The van der Waals surface area contributed by atoms with E-state index >= 15 is 0 Å². The summed E-state index contributed by atoms with van der Waals surface area (Å²) >= 11 is 0. The van der Waals surface area contributed by atoms with Gasteiger partial charge in [0.25, 0.3) is 0 Å². The van der Waals surface area contributed by atoms with E-state index in [0.29, 0.717) is 17.0 Å². The molecule has 0 amide bonds. The number of phenolic OH excluding ortho intramolecular Hbond substituents is 1. The third kappa shape index (κ3) is 1.84. The first-order valence-electron chi connectivity index (χ1n) is 5.96. The van der Waals surface area contributed by atoms with Gasteiger partial charge in [0.05, 0.1) is 0 Å². The highest BCUT2D eigenvalue weighted by molar-refractivity contribution is 6.00. The van der Waals surface area contributed by atoms with E-state index in [4.69, 9.17) is 0 Å². The fourth-order valence-corrected chi connectivity index (χ4v) is 2.38. The lowest BCUT2D eigenvalue weighted by atomic mass is 9.70. The third-order valence-electron chi connectivity index (χ3n) is 3.97. The predicted octanol–water partition coefficient (Wildman–Crippen LogP) is 3.38. The van der Waals surface area contributed by atoms with Crippen molar-refractivity contribution >= 4 is 5.78 Å². The maximum Gasteiger partial charge on any atom is 0.166 e. The summed E-state index contributed by atoms with van der Waals surface area (Å²) < 4.78 is 13.6. The van der Waals surface area contributed by atoms with Crippen LogP contribution >= 0.6 is 0 Å². The van der Waals surface area contributed by atoms with Crippen molar-refractivity contribution in [3.63, 3.8) is 0 Å². The van der Waals surface area contributed by atoms with E-state index in [1.807, 2.05) is 6.92 Å². The lowest BCUT2D eigenvalue weighted by Crippen LogP contribution is -2.31. The van der Waals surface area contributed by atoms with E-state index in [2.05, 4.69) is 0 Å². The van der Waals surface area contributed by atoms with Crippen LogP contribution in [-0.4, -0.2) is 10.9 Å². The van der Waals surface area contributed by atoms with Crippen molar-refractivity contribution in [3.05, 3.63) is 28.6 Å². The molecule has 0 aliphatic heterocycles. The fourth-order valence-electron chi connectivity index (χ4n) is 2.38. The Morgan fingerprint density at radius 3 is 2.47 bits per heavy atom. The van der Waals surface area contributed by atoms with Gasteiger partial charge >= 0.3 is 0 Å². The van der Waals surface area contributed by atoms with Gasteiger partial charge in [-0.2, -0.15) is 0 Å². The minimum atomic E-state index is -0.511. The Kier molecular flexibility index (Phi) is 2.94. The molecule has 0 heterocycles. The number of hydrogen-bond donors (Lipinski definition) is 1. The number of carbonyl (C=O) groups is 1. The van der Waals surface area contributed by atoms with Crippen LogP contribution in [0.4, 0.5) is 4.39 Å². The number of ketones is 1. The maximum absolute atomic E-state index is 13.6. The van der Waals surface area contributed by atoms with Crippen LogP contribution in [0.1, 0.15) is 41.3 Å². The molecule has 17 heavy (non-hydrogen) atoms. The predicted molar refractivity (Wildman–Crippen MR) is 63.8 cm³/mol. The second kappa shape index (κ2) is 4.13. The highest BCUT2D eigenvalue weighted by Crippen LogP contribution is 2.38. The topological polar surface area (TPSA) is 37.3 Å². The van der Waals surface area contributed by atoms with Gasteiger partial charge in [0.1, 0.15) is 11.6 Å². The zero-order valence-electron chi connectivity index (χ0n) is 10.4. The van der Waals surface area contributed by atoms with Crippen molar-refractivity contribution in [3.8, 4) is 5.75 Å². The van der Waals surface area contributed by atoms with Crippen LogP contribution in [0, 0.1) is 31.5 Å². The number of rotatable bonds is 2. The Balaban J connectivity index is 2.42. The van der Waals surface area contributed by atoms with Gasteiger partial charge in [-0.25, -0.2) is 4.39 Å². The lowest BCUT2D eigenvalue weighted by Gasteiger charge is -2.32. The number of aromatic hydroxyl groups is 1. The Morgan fingerprint density at radius 2 is 2.00 bits per heavy atom. The van der Waals surface area contributed by atoms with E-state index < -0.39 is 5.82 Å². The zero-order valence-corrected chi connectivity index (χ0v) is 10.4. The largest absolute Gasteiger partial charge is 0.507 e. The van der Waals surface area contributed by atoms with Crippen LogP contribution in [0.2, 0.25) is 0 Å². The van der Waals surface area contributed by atoms with Gasteiger partial charge in [0.15, 0.2) is 5.78 Å². The number of hydrogen-bond acceptors (Lipinski definition) is 2. The van der Waals surface area contributed by atoms with Crippen LogP contribution < -0.4 is 0 Å². The Hall–Kier alpha value is -1.38. The van der Waals surface area contributed by atoms with Crippen molar-refractivity contribution < 1.29 is 14.3 Å². The standard InChI is InChI=1S/C14H17FO2/c1-7-4-5-10(7)14(17)11-6-12(15)9(3)13(16)8(11)2/h6-7,10,16H,4-5H2,1-3H3. The molecule has 2 atom stereocenters. The minimum Gasteiger partial charge on any atom is -0.507 e. The van der Waals surface area contributed by atoms with E-state index in [1.165, 1.54) is 13.0 Å². The molecule has 2 nitrogen and oxygen atoms in total. The Labute approximate surface area is 100 Å². The summed E-state index contributed by atoms with van der Waals surface area (Å²) in [7, 11) is 0. The van der Waals surface area contributed by atoms with Gasteiger partial charge in [0.2, 0.25) is 0 Å². The molecule has 0 saturated heterocycles. The first kappa shape index (κ1) is 12.1. The van der Waals surface area contributed by atoms with E-state index in [-0.39, 0.29) is 23.0 Å². The molecule has 1 aliphatic rings. The SMILES string of the molecule is Cc1c(F)cc(C(=O)C2CCC2C)c(C)c1O. The molecule has 1 fully saturated rings. The molecule has 2 rings (SSSR count). The van der Waals surface area contributed by atoms with E-state index in [0.717, 1.165) is 12.8 Å².